The summed E-state index contributed by atoms with van der Waals surface area (Å²) in [7, 11) is 0. The molecule has 0 aliphatic rings. The fraction of sp³-hybridized carbons (Fsp3) is 0.250. The van der Waals surface area contributed by atoms with Crippen LogP contribution in [0.5, 0.6) is 0 Å². The summed E-state index contributed by atoms with van der Waals surface area (Å²) in [5.74, 6) is 0. The van der Waals surface area contributed by atoms with Gasteiger partial charge < -0.3 is 5.32 Å². The largest absolute Gasteiger partial charge is 0.377 e. The van der Waals surface area contributed by atoms with Gasteiger partial charge in [-0.2, -0.15) is 0 Å². The first kappa shape index (κ1) is 13.9. The third kappa shape index (κ3) is 3.29. The molecule has 0 spiro atoms. The normalized spacial score (nSPS) is 10.7. The summed E-state index contributed by atoms with van der Waals surface area (Å²) in [4.78, 5) is 4.46. The zero-order valence-corrected chi connectivity index (χ0v) is 12.7. The number of nitrogens with one attached hydrogen (secondary N) is 1. The van der Waals surface area contributed by atoms with Crippen LogP contribution in [0.1, 0.15) is 17.6 Å². The molecule has 0 aliphatic carbocycles. The molecule has 2 aromatic rings. The lowest BCUT2D eigenvalue weighted by molar-refractivity contribution is 1.01. The van der Waals surface area contributed by atoms with Gasteiger partial charge in [0.05, 0.1) is 33.0 Å². The van der Waals surface area contributed by atoms with Gasteiger partial charge in [-0.1, -0.05) is 41.7 Å². The SMILES string of the molecule is CCc1nc(CNc2c(Cl)cc(Cl)cc2Cl)cs1. The third-order valence-corrected chi connectivity index (χ3v) is 4.21. The van der Waals surface area contributed by atoms with Gasteiger partial charge in [0.2, 0.25) is 0 Å². The monoisotopic (exact) mass is 320 g/mol. The minimum absolute atomic E-state index is 0.512. The van der Waals surface area contributed by atoms with Gasteiger partial charge in [0, 0.05) is 10.4 Å². The first-order valence-corrected chi connectivity index (χ1v) is 7.43. The van der Waals surface area contributed by atoms with Crippen molar-refractivity contribution in [2.45, 2.75) is 19.9 Å². The smallest absolute Gasteiger partial charge is 0.0926 e. The third-order valence-electron chi connectivity index (χ3n) is 2.35. The fourth-order valence-corrected chi connectivity index (χ4v) is 3.18. The summed E-state index contributed by atoms with van der Waals surface area (Å²) in [5.41, 5.74) is 1.67. The lowest BCUT2D eigenvalue weighted by Crippen LogP contribution is -2.01. The predicted octanol–water partition coefficient (Wildman–Crippen LogP) is 5.28. The Balaban J connectivity index is 2.10. The molecular weight excluding hydrogens is 311 g/mol. The minimum atomic E-state index is 0.512. The van der Waals surface area contributed by atoms with Gasteiger partial charge in [-0.05, 0) is 18.6 Å². The van der Waals surface area contributed by atoms with E-state index in [1.54, 1.807) is 23.5 Å². The predicted molar refractivity (Wildman–Crippen MR) is 80.3 cm³/mol. The Bertz CT molecular complexity index is 531. The van der Waals surface area contributed by atoms with Crippen molar-refractivity contribution in [1.82, 2.24) is 4.98 Å². The summed E-state index contributed by atoms with van der Waals surface area (Å²) >= 11 is 19.7. The summed E-state index contributed by atoms with van der Waals surface area (Å²) in [5, 5.41) is 7.89. The lowest BCUT2D eigenvalue weighted by atomic mass is 10.3. The van der Waals surface area contributed by atoms with Crippen LogP contribution in [0.3, 0.4) is 0 Å². The van der Waals surface area contributed by atoms with Crippen LogP contribution in [0.15, 0.2) is 17.5 Å². The zero-order valence-electron chi connectivity index (χ0n) is 9.64. The molecule has 1 heterocycles. The summed E-state index contributed by atoms with van der Waals surface area (Å²) in [6, 6.07) is 3.33. The van der Waals surface area contributed by atoms with Crippen molar-refractivity contribution < 1.29 is 0 Å². The van der Waals surface area contributed by atoms with E-state index in [1.165, 1.54) is 0 Å². The van der Waals surface area contributed by atoms with E-state index < -0.39 is 0 Å². The summed E-state index contributed by atoms with van der Waals surface area (Å²) in [6.45, 7) is 2.68. The number of hydrogen-bond acceptors (Lipinski definition) is 3. The second-order valence-electron chi connectivity index (χ2n) is 3.68. The molecular formula is C12H11Cl3N2S. The van der Waals surface area contributed by atoms with Crippen LogP contribution in [0, 0.1) is 0 Å². The Labute approximate surface area is 125 Å². The topological polar surface area (TPSA) is 24.9 Å². The maximum absolute atomic E-state index is 6.08. The Morgan fingerprint density at radius 2 is 1.89 bits per heavy atom. The van der Waals surface area contributed by atoms with Crippen molar-refractivity contribution in [2.24, 2.45) is 0 Å². The Morgan fingerprint density at radius 1 is 1.22 bits per heavy atom. The molecule has 0 amide bonds. The average molecular weight is 322 g/mol. The molecule has 1 aromatic heterocycles. The molecule has 2 nitrogen and oxygen atoms in total. The van der Waals surface area contributed by atoms with Crippen LogP contribution < -0.4 is 5.32 Å². The van der Waals surface area contributed by atoms with E-state index in [0.717, 1.165) is 17.1 Å². The summed E-state index contributed by atoms with van der Waals surface area (Å²) in [6.07, 6.45) is 0.952. The van der Waals surface area contributed by atoms with E-state index in [0.29, 0.717) is 27.3 Å². The average Bonchev–Trinajstić information content (AvgIpc) is 2.75. The second kappa shape index (κ2) is 6.11. The number of benzene rings is 1. The number of halogens is 3. The van der Waals surface area contributed by atoms with Crippen molar-refractivity contribution in [3.05, 3.63) is 43.3 Å². The van der Waals surface area contributed by atoms with E-state index in [2.05, 4.69) is 17.2 Å². The maximum atomic E-state index is 6.08. The highest BCUT2D eigenvalue weighted by molar-refractivity contribution is 7.09. The van der Waals surface area contributed by atoms with Crippen molar-refractivity contribution >= 4 is 51.8 Å². The molecule has 0 bridgehead atoms. The minimum Gasteiger partial charge on any atom is -0.377 e. The Kier molecular flexibility index (Phi) is 4.73. The first-order valence-electron chi connectivity index (χ1n) is 5.42. The molecule has 0 saturated carbocycles. The molecule has 0 fully saturated rings. The highest BCUT2D eigenvalue weighted by Gasteiger charge is 2.08. The second-order valence-corrected chi connectivity index (χ2v) is 5.88. The van der Waals surface area contributed by atoms with Gasteiger partial charge in [0.1, 0.15) is 0 Å². The summed E-state index contributed by atoms with van der Waals surface area (Å²) < 4.78 is 0. The number of hydrogen-bond donors (Lipinski definition) is 1. The van der Waals surface area contributed by atoms with Gasteiger partial charge in [0.25, 0.3) is 0 Å². The van der Waals surface area contributed by atoms with Crippen molar-refractivity contribution in [3.63, 3.8) is 0 Å². The quantitative estimate of drug-likeness (QED) is 0.829. The lowest BCUT2D eigenvalue weighted by Gasteiger charge is -2.09. The van der Waals surface area contributed by atoms with Crippen LogP contribution in [0.4, 0.5) is 5.69 Å². The van der Waals surface area contributed by atoms with Gasteiger partial charge in [-0.3, -0.25) is 0 Å². The van der Waals surface area contributed by atoms with Gasteiger partial charge in [-0.15, -0.1) is 11.3 Å². The van der Waals surface area contributed by atoms with Crippen molar-refractivity contribution in [1.29, 1.82) is 0 Å². The van der Waals surface area contributed by atoms with E-state index in [9.17, 15) is 0 Å². The maximum Gasteiger partial charge on any atom is 0.0926 e. The number of aryl methyl sites for hydroxylation is 1. The van der Waals surface area contributed by atoms with Crippen LogP contribution in [0.2, 0.25) is 15.1 Å². The number of anilines is 1. The van der Waals surface area contributed by atoms with E-state index in [-0.39, 0.29) is 0 Å². The standard InChI is InChI=1S/C12H11Cl3N2S/c1-2-11-17-8(6-18-11)5-16-12-9(14)3-7(13)4-10(12)15/h3-4,6,16H,2,5H2,1H3. The Morgan fingerprint density at radius 3 is 2.44 bits per heavy atom. The van der Waals surface area contributed by atoms with Crippen LogP contribution in [-0.2, 0) is 13.0 Å². The highest BCUT2D eigenvalue weighted by Crippen LogP contribution is 2.33. The van der Waals surface area contributed by atoms with Crippen LogP contribution in [0.25, 0.3) is 0 Å². The molecule has 0 aliphatic heterocycles. The van der Waals surface area contributed by atoms with Gasteiger partial charge >= 0.3 is 0 Å². The molecule has 0 radical (unpaired) electrons. The number of nitrogens with zero attached hydrogens (tertiary/aromatic N) is 1. The van der Waals surface area contributed by atoms with E-state index in [1.807, 2.05) is 5.38 Å². The molecule has 2 rings (SSSR count). The van der Waals surface area contributed by atoms with Crippen molar-refractivity contribution in [2.75, 3.05) is 5.32 Å². The fourth-order valence-electron chi connectivity index (χ4n) is 1.48. The molecule has 96 valence electrons. The van der Waals surface area contributed by atoms with Crippen LogP contribution in [-0.4, -0.2) is 4.98 Å². The molecule has 1 N–H and O–H groups in total. The zero-order chi connectivity index (χ0) is 13.1. The Hall–Kier alpha value is -0.480. The van der Waals surface area contributed by atoms with Crippen molar-refractivity contribution in [3.8, 4) is 0 Å². The highest BCUT2D eigenvalue weighted by atomic mass is 35.5. The van der Waals surface area contributed by atoms with Crippen LogP contribution >= 0.6 is 46.1 Å². The first-order chi connectivity index (χ1) is 8.60. The molecule has 6 heteroatoms. The van der Waals surface area contributed by atoms with E-state index in [4.69, 9.17) is 34.8 Å². The molecule has 0 saturated heterocycles. The number of aromatic nitrogens is 1. The molecule has 1 aromatic carbocycles. The molecule has 0 unspecified atom stereocenters. The molecule has 18 heavy (non-hydrogen) atoms. The van der Waals surface area contributed by atoms with Gasteiger partial charge in [0.15, 0.2) is 0 Å². The number of rotatable bonds is 4. The molecule has 0 atom stereocenters. The van der Waals surface area contributed by atoms with Gasteiger partial charge in [-0.25, -0.2) is 4.98 Å². The van der Waals surface area contributed by atoms with E-state index >= 15 is 0 Å². The number of thiazole rings is 1.